The molecule has 1 N–H and O–H groups in total. The monoisotopic (exact) mass is 302 g/mol. The van der Waals surface area contributed by atoms with Crippen molar-refractivity contribution in [2.45, 2.75) is 25.0 Å². The Kier molecular flexibility index (Phi) is 5.21. The first kappa shape index (κ1) is 15.2. The molecule has 0 unspecified atom stereocenters. The van der Waals surface area contributed by atoms with Crippen LogP contribution in [0.1, 0.15) is 23.8 Å². The van der Waals surface area contributed by atoms with Crippen molar-refractivity contribution in [3.8, 4) is 0 Å². The molecule has 3 heterocycles. The average Bonchev–Trinajstić information content (AvgIpc) is 3.10. The molecule has 1 aliphatic rings. The van der Waals surface area contributed by atoms with Gasteiger partial charge in [-0.3, -0.25) is 9.88 Å². The summed E-state index contributed by atoms with van der Waals surface area (Å²) in [6, 6.07) is 7.93. The molecule has 0 aromatic carbocycles. The fourth-order valence-corrected chi connectivity index (χ4v) is 2.88. The Labute approximate surface area is 130 Å². The molecular weight excluding hydrogens is 280 g/mol. The molecule has 2 aromatic rings. The maximum Gasteiger partial charge on any atom is 0.132 e. The van der Waals surface area contributed by atoms with Crippen LogP contribution in [-0.2, 0) is 11.2 Å². The minimum absolute atomic E-state index is 0.218. The molecule has 2 atom stereocenters. The third-order valence-corrected chi connectivity index (χ3v) is 4.15. The lowest BCUT2D eigenvalue weighted by atomic mass is 10.0. The zero-order valence-corrected chi connectivity index (χ0v) is 12.6. The third-order valence-electron chi connectivity index (χ3n) is 4.15. The maximum atomic E-state index is 10.3. The van der Waals surface area contributed by atoms with Crippen LogP contribution in [0.25, 0.3) is 0 Å². The van der Waals surface area contributed by atoms with Gasteiger partial charge in [-0.15, -0.1) is 0 Å². The van der Waals surface area contributed by atoms with E-state index < -0.39 is 6.10 Å². The molecule has 5 nitrogen and oxygen atoms in total. The van der Waals surface area contributed by atoms with Crippen LogP contribution in [-0.4, -0.2) is 47.3 Å². The molecule has 0 saturated carbocycles. The highest BCUT2D eigenvalue weighted by Crippen LogP contribution is 2.23. The first-order chi connectivity index (χ1) is 10.8. The van der Waals surface area contributed by atoms with Crippen LogP contribution in [0.5, 0.6) is 0 Å². The molecule has 1 saturated heterocycles. The second kappa shape index (κ2) is 7.54. The second-order valence-electron chi connectivity index (χ2n) is 5.64. The van der Waals surface area contributed by atoms with Crippen molar-refractivity contribution in [1.82, 2.24) is 9.88 Å². The van der Waals surface area contributed by atoms with Crippen LogP contribution >= 0.6 is 0 Å². The van der Waals surface area contributed by atoms with Gasteiger partial charge in [0.25, 0.3) is 0 Å². The second-order valence-corrected chi connectivity index (χ2v) is 5.64. The topological polar surface area (TPSA) is 58.7 Å². The number of pyridine rings is 1. The summed E-state index contributed by atoms with van der Waals surface area (Å²) in [6.07, 6.45) is 6.28. The van der Waals surface area contributed by atoms with Crippen molar-refractivity contribution in [2.75, 3.05) is 26.3 Å². The average molecular weight is 302 g/mol. The predicted molar refractivity (Wildman–Crippen MR) is 82.4 cm³/mol. The molecule has 0 aliphatic carbocycles. The number of nitrogens with zero attached hydrogens (tertiary/aromatic N) is 2. The van der Waals surface area contributed by atoms with Gasteiger partial charge in [-0.2, -0.15) is 0 Å². The molecule has 5 heteroatoms. The zero-order valence-electron chi connectivity index (χ0n) is 12.6. The number of hydrogen-bond donors (Lipinski definition) is 1. The fourth-order valence-electron chi connectivity index (χ4n) is 2.88. The summed E-state index contributed by atoms with van der Waals surface area (Å²) in [5.74, 6) is 0.625. The quantitative estimate of drug-likeness (QED) is 0.885. The minimum Gasteiger partial charge on any atom is -0.467 e. The van der Waals surface area contributed by atoms with Gasteiger partial charge in [0.1, 0.15) is 11.9 Å². The Balaban J connectivity index is 1.56. The Morgan fingerprint density at radius 3 is 2.95 bits per heavy atom. The molecule has 0 bridgehead atoms. The summed E-state index contributed by atoms with van der Waals surface area (Å²) in [4.78, 5) is 6.44. The van der Waals surface area contributed by atoms with Gasteiger partial charge in [0.05, 0.1) is 19.5 Å². The summed E-state index contributed by atoms with van der Waals surface area (Å²) in [5.41, 5.74) is 1.28. The van der Waals surface area contributed by atoms with Crippen LogP contribution in [0, 0.1) is 0 Å². The summed E-state index contributed by atoms with van der Waals surface area (Å²) >= 11 is 0. The molecule has 1 fully saturated rings. The highest BCUT2D eigenvalue weighted by atomic mass is 16.5. The lowest BCUT2D eigenvalue weighted by Gasteiger charge is -2.36. The van der Waals surface area contributed by atoms with Crippen molar-refractivity contribution < 1.29 is 14.3 Å². The molecular formula is C17H22N2O3. The Morgan fingerprint density at radius 1 is 1.32 bits per heavy atom. The largest absolute Gasteiger partial charge is 0.467 e. The normalized spacial score (nSPS) is 20.9. The Morgan fingerprint density at radius 2 is 2.18 bits per heavy atom. The van der Waals surface area contributed by atoms with Crippen molar-refractivity contribution in [3.63, 3.8) is 0 Å². The van der Waals surface area contributed by atoms with E-state index in [2.05, 4.69) is 9.88 Å². The van der Waals surface area contributed by atoms with Crippen LogP contribution in [0.2, 0.25) is 0 Å². The molecule has 2 aromatic heterocycles. The van der Waals surface area contributed by atoms with Crippen LogP contribution in [0.4, 0.5) is 0 Å². The van der Waals surface area contributed by atoms with E-state index in [1.165, 1.54) is 5.56 Å². The standard InChI is InChI=1S/C17H22N2O3/c20-16(17-2-1-10-22-17)12-15-13-21-11-9-19(15)8-5-14-3-6-18-7-4-14/h1-4,6-7,10,15-16,20H,5,8-9,11-13H2/t15-,16+/m1/s1. The van der Waals surface area contributed by atoms with E-state index in [0.29, 0.717) is 18.8 Å². The van der Waals surface area contributed by atoms with E-state index in [9.17, 15) is 5.11 Å². The summed E-state index contributed by atoms with van der Waals surface area (Å²) in [7, 11) is 0. The number of aliphatic hydroxyl groups excluding tert-OH is 1. The number of furan rings is 1. The highest BCUT2D eigenvalue weighted by Gasteiger charge is 2.26. The van der Waals surface area contributed by atoms with Crippen LogP contribution in [0.3, 0.4) is 0 Å². The lowest BCUT2D eigenvalue weighted by Crippen LogP contribution is -2.46. The number of aliphatic hydroxyl groups is 1. The molecule has 1 aliphatic heterocycles. The minimum atomic E-state index is -0.579. The molecule has 118 valence electrons. The number of morpholine rings is 1. The predicted octanol–water partition coefficient (Wildman–Crippen LogP) is 2.04. The van der Waals surface area contributed by atoms with Crippen molar-refractivity contribution in [2.24, 2.45) is 0 Å². The van der Waals surface area contributed by atoms with Gasteiger partial charge < -0.3 is 14.3 Å². The van der Waals surface area contributed by atoms with Crippen molar-refractivity contribution >= 4 is 0 Å². The van der Waals surface area contributed by atoms with E-state index >= 15 is 0 Å². The van der Waals surface area contributed by atoms with Gasteiger partial charge in [-0.1, -0.05) is 0 Å². The van der Waals surface area contributed by atoms with E-state index in [-0.39, 0.29) is 6.04 Å². The molecule has 22 heavy (non-hydrogen) atoms. The smallest absolute Gasteiger partial charge is 0.132 e. The van der Waals surface area contributed by atoms with Crippen LogP contribution in [0.15, 0.2) is 47.3 Å². The van der Waals surface area contributed by atoms with Crippen LogP contribution < -0.4 is 0 Å². The highest BCUT2D eigenvalue weighted by molar-refractivity contribution is 5.10. The molecule has 0 spiro atoms. The van der Waals surface area contributed by atoms with E-state index in [1.807, 2.05) is 30.6 Å². The number of hydrogen-bond acceptors (Lipinski definition) is 5. The third kappa shape index (κ3) is 3.94. The van der Waals surface area contributed by atoms with Gasteiger partial charge in [-0.25, -0.2) is 0 Å². The first-order valence-electron chi connectivity index (χ1n) is 7.75. The van der Waals surface area contributed by atoms with Gasteiger partial charge >= 0.3 is 0 Å². The summed E-state index contributed by atoms with van der Waals surface area (Å²) < 4.78 is 10.9. The van der Waals surface area contributed by atoms with Gasteiger partial charge in [0.15, 0.2) is 0 Å². The first-order valence-corrected chi connectivity index (χ1v) is 7.75. The van der Waals surface area contributed by atoms with Crippen molar-refractivity contribution in [1.29, 1.82) is 0 Å². The van der Waals surface area contributed by atoms with E-state index in [4.69, 9.17) is 9.15 Å². The van der Waals surface area contributed by atoms with E-state index in [0.717, 1.165) is 26.1 Å². The van der Waals surface area contributed by atoms with Crippen molar-refractivity contribution in [3.05, 3.63) is 54.2 Å². The summed E-state index contributed by atoms with van der Waals surface area (Å²) in [6.45, 7) is 3.28. The number of ether oxygens (including phenoxy) is 1. The van der Waals surface area contributed by atoms with E-state index in [1.54, 1.807) is 12.3 Å². The molecule has 0 amide bonds. The maximum absolute atomic E-state index is 10.3. The van der Waals surface area contributed by atoms with Gasteiger partial charge in [0.2, 0.25) is 0 Å². The Bertz CT molecular complexity index is 544. The SMILES string of the molecule is O[C@@H](C[C@@H]1COCCN1CCc1ccncc1)c1ccco1. The summed E-state index contributed by atoms with van der Waals surface area (Å²) in [5, 5.41) is 10.3. The number of rotatable bonds is 6. The molecule has 0 radical (unpaired) electrons. The fraction of sp³-hybridized carbons (Fsp3) is 0.471. The number of aromatic nitrogens is 1. The van der Waals surface area contributed by atoms with Gasteiger partial charge in [-0.05, 0) is 42.7 Å². The van der Waals surface area contributed by atoms with Gasteiger partial charge in [0, 0.05) is 31.5 Å². The molecule has 3 rings (SSSR count). The lowest BCUT2D eigenvalue weighted by molar-refractivity contribution is -0.0279. The Hall–Kier alpha value is -1.69. The zero-order chi connectivity index (χ0) is 15.2.